The second kappa shape index (κ2) is 9.63. The van der Waals surface area contributed by atoms with E-state index in [0.717, 1.165) is 33.7 Å². The summed E-state index contributed by atoms with van der Waals surface area (Å²) < 4.78 is 0.467. The Labute approximate surface area is 220 Å². The summed E-state index contributed by atoms with van der Waals surface area (Å²) in [6.07, 6.45) is 1.84. The number of aromatic nitrogens is 2. The lowest BCUT2D eigenvalue weighted by Gasteiger charge is -2.38. The average Bonchev–Trinajstić information content (AvgIpc) is 3.18. The standard InChI is InChI=1S/C27H27N5O2S2/c1-27(2,3)25(34)32-13-11-31(12-14-32)23-22(28-19-9-4-5-10-20(19)29-23)18-8-6-7-17(15-18)16-21-24(33)30-26(35)36-21/h4-10,15-16H,11-14H2,1-3H3,(H,30,33,35)/b21-16-. The highest BCUT2D eigenvalue weighted by Crippen LogP contribution is 2.33. The van der Waals surface area contributed by atoms with Crippen LogP contribution in [0, 0.1) is 5.41 Å². The van der Waals surface area contributed by atoms with E-state index in [2.05, 4.69) is 10.2 Å². The first kappa shape index (κ1) is 24.4. The number of carbonyl (C=O) groups excluding carboxylic acids is 2. The SMILES string of the molecule is CC(C)(C)C(=O)N1CCN(c2nc3ccccc3nc2-c2cccc(/C=C3\SC(=S)NC3=O)c2)CC1. The van der Waals surface area contributed by atoms with E-state index < -0.39 is 5.41 Å². The van der Waals surface area contributed by atoms with Gasteiger partial charge in [-0.2, -0.15) is 0 Å². The Bertz CT molecular complexity index is 1400. The van der Waals surface area contributed by atoms with E-state index in [0.29, 0.717) is 35.4 Å². The molecule has 2 fully saturated rings. The predicted octanol–water partition coefficient (Wildman–Crippen LogP) is 4.48. The minimum Gasteiger partial charge on any atom is -0.351 e. The van der Waals surface area contributed by atoms with Crippen LogP contribution in [0.2, 0.25) is 0 Å². The van der Waals surface area contributed by atoms with E-state index in [-0.39, 0.29) is 11.8 Å². The van der Waals surface area contributed by atoms with E-state index >= 15 is 0 Å². The number of carbonyl (C=O) groups is 2. The molecule has 3 aromatic rings. The van der Waals surface area contributed by atoms with Crippen molar-refractivity contribution in [1.82, 2.24) is 20.2 Å². The first-order valence-corrected chi connectivity index (χ1v) is 13.1. The summed E-state index contributed by atoms with van der Waals surface area (Å²) in [5, 5.41) is 2.66. The first-order chi connectivity index (χ1) is 17.2. The van der Waals surface area contributed by atoms with Crippen LogP contribution in [0.4, 0.5) is 5.82 Å². The van der Waals surface area contributed by atoms with Crippen LogP contribution >= 0.6 is 24.0 Å². The number of piperazine rings is 1. The van der Waals surface area contributed by atoms with Crippen molar-refractivity contribution in [2.24, 2.45) is 5.41 Å². The fourth-order valence-electron chi connectivity index (χ4n) is 4.35. The lowest BCUT2D eigenvalue weighted by atomic mass is 9.94. The number of hydrogen-bond acceptors (Lipinski definition) is 7. The third-order valence-electron chi connectivity index (χ3n) is 6.16. The number of fused-ring (bicyclic) bond motifs is 1. The number of thiocarbonyl (C=S) groups is 1. The van der Waals surface area contributed by atoms with Crippen molar-refractivity contribution in [1.29, 1.82) is 0 Å². The summed E-state index contributed by atoms with van der Waals surface area (Å²) in [5.74, 6) is 0.792. The molecule has 0 atom stereocenters. The van der Waals surface area contributed by atoms with Crippen LogP contribution in [-0.2, 0) is 9.59 Å². The number of benzene rings is 2. The van der Waals surface area contributed by atoms with Gasteiger partial charge in [0.2, 0.25) is 5.91 Å². The lowest BCUT2D eigenvalue weighted by Crippen LogP contribution is -2.52. The van der Waals surface area contributed by atoms with E-state index in [9.17, 15) is 9.59 Å². The van der Waals surface area contributed by atoms with Crippen molar-refractivity contribution in [3.63, 3.8) is 0 Å². The number of amides is 2. The normalized spacial score (nSPS) is 17.7. The highest BCUT2D eigenvalue weighted by molar-refractivity contribution is 8.26. The minimum absolute atomic E-state index is 0.168. The summed E-state index contributed by atoms with van der Waals surface area (Å²) in [5.41, 5.74) is 3.83. The van der Waals surface area contributed by atoms with Crippen LogP contribution in [0.25, 0.3) is 28.4 Å². The molecule has 1 N–H and O–H groups in total. The number of nitrogens with zero attached hydrogens (tertiary/aromatic N) is 4. The number of anilines is 1. The molecule has 5 rings (SSSR count). The summed E-state index contributed by atoms with van der Waals surface area (Å²) in [7, 11) is 0. The van der Waals surface area contributed by atoms with Gasteiger partial charge in [-0.3, -0.25) is 9.59 Å². The zero-order chi connectivity index (χ0) is 25.4. The molecule has 0 spiro atoms. The van der Waals surface area contributed by atoms with Gasteiger partial charge in [-0.05, 0) is 29.8 Å². The van der Waals surface area contributed by atoms with E-state index in [1.165, 1.54) is 11.8 Å². The van der Waals surface area contributed by atoms with Crippen LogP contribution in [0.1, 0.15) is 26.3 Å². The number of rotatable bonds is 3. The zero-order valence-electron chi connectivity index (χ0n) is 20.4. The van der Waals surface area contributed by atoms with Crippen LogP contribution in [-0.4, -0.2) is 57.2 Å². The Morgan fingerprint density at radius 2 is 1.72 bits per heavy atom. The molecule has 0 bridgehead atoms. The Morgan fingerprint density at radius 3 is 2.36 bits per heavy atom. The van der Waals surface area contributed by atoms with Gasteiger partial charge >= 0.3 is 0 Å². The fraction of sp³-hybridized carbons (Fsp3) is 0.296. The molecule has 3 heterocycles. The van der Waals surface area contributed by atoms with Crippen molar-refractivity contribution in [2.45, 2.75) is 20.8 Å². The highest BCUT2D eigenvalue weighted by atomic mass is 32.2. The van der Waals surface area contributed by atoms with Crippen LogP contribution in [0.3, 0.4) is 0 Å². The third-order valence-corrected chi connectivity index (χ3v) is 7.32. The average molecular weight is 518 g/mol. The number of hydrogen-bond donors (Lipinski definition) is 1. The topological polar surface area (TPSA) is 78.4 Å². The van der Waals surface area contributed by atoms with Gasteiger partial charge in [0.1, 0.15) is 10.0 Å². The maximum absolute atomic E-state index is 12.8. The van der Waals surface area contributed by atoms with E-state index in [4.69, 9.17) is 22.2 Å². The molecular weight excluding hydrogens is 490 g/mol. The maximum Gasteiger partial charge on any atom is 0.263 e. The second-order valence-corrected chi connectivity index (χ2v) is 11.6. The predicted molar refractivity (Wildman–Crippen MR) is 150 cm³/mol. The van der Waals surface area contributed by atoms with Crippen LogP contribution < -0.4 is 10.2 Å². The number of para-hydroxylation sites is 2. The van der Waals surface area contributed by atoms with E-state index in [1.54, 1.807) is 0 Å². The summed E-state index contributed by atoms with van der Waals surface area (Å²) in [6.45, 7) is 8.51. The molecule has 2 aliphatic heterocycles. The maximum atomic E-state index is 12.8. The first-order valence-electron chi connectivity index (χ1n) is 11.9. The van der Waals surface area contributed by atoms with E-state index in [1.807, 2.05) is 80.3 Å². The zero-order valence-corrected chi connectivity index (χ0v) is 22.1. The molecule has 36 heavy (non-hydrogen) atoms. The molecule has 9 heteroatoms. The summed E-state index contributed by atoms with van der Waals surface area (Å²) in [4.78, 5) is 39.7. The summed E-state index contributed by atoms with van der Waals surface area (Å²) >= 11 is 6.38. The van der Waals surface area contributed by atoms with Gasteiger partial charge in [0, 0.05) is 37.2 Å². The van der Waals surface area contributed by atoms with Crippen LogP contribution in [0.5, 0.6) is 0 Å². The van der Waals surface area contributed by atoms with Crippen LogP contribution in [0.15, 0.2) is 53.4 Å². The summed E-state index contributed by atoms with van der Waals surface area (Å²) in [6, 6.07) is 15.8. The molecule has 184 valence electrons. The molecule has 1 aromatic heterocycles. The molecule has 0 saturated carbocycles. The van der Waals surface area contributed by atoms with Gasteiger partial charge in [0.25, 0.3) is 5.91 Å². The molecule has 2 saturated heterocycles. The molecule has 7 nitrogen and oxygen atoms in total. The fourth-order valence-corrected chi connectivity index (χ4v) is 5.39. The van der Waals surface area contributed by atoms with Crippen molar-refractivity contribution in [3.05, 3.63) is 59.0 Å². The van der Waals surface area contributed by atoms with Gasteiger partial charge in [0.15, 0.2) is 5.82 Å². The van der Waals surface area contributed by atoms with Crippen molar-refractivity contribution in [2.75, 3.05) is 31.1 Å². The molecule has 0 radical (unpaired) electrons. The number of nitrogens with one attached hydrogen (secondary N) is 1. The van der Waals surface area contributed by atoms with Gasteiger partial charge in [-0.1, -0.05) is 75.1 Å². The Balaban J connectivity index is 1.50. The molecule has 0 unspecified atom stereocenters. The van der Waals surface area contributed by atoms with Gasteiger partial charge < -0.3 is 15.1 Å². The van der Waals surface area contributed by atoms with Crippen molar-refractivity contribution < 1.29 is 9.59 Å². The molecular formula is C27H27N5O2S2. The smallest absolute Gasteiger partial charge is 0.263 e. The second-order valence-electron chi connectivity index (χ2n) is 9.89. The van der Waals surface area contributed by atoms with Crippen molar-refractivity contribution >= 4 is 63.0 Å². The quantitative estimate of drug-likeness (QED) is 0.405. The Kier molecular flexibility index (Phi) is 6.53. The third kappa shape index (κ3) is 4.99. The Hall–Kier alpha value is -3.30. The molecule has 2 aliphatic rings. The monoisotopic (exact) mass is 517 g/mol. The molecule has 2 aromatic carbocycles. The largest absolute Gasteiger partial charge is 0.351 e. The highest BCUT2D eigenvalue weighted by Gasteiger charge is 2.31. The van der Waals surface area contributed by atoms with Gasteiger partial charge in [0.05, 0.1) is 15.9 Å². The molecule has 2 amide bonds. The lowest BCUT2D eigenvalue weighted by molar-refractivity contribution is -0.139. The van der Waals surface area contributed by atoms with Gasteiger partial charge in [-0.25, -0.2) is 9.97 Å². The Morgan fingerprint density at radius 1 is 1.03 bits per heavy atom. The van der Waals surface area contributed by atoms with Crippen molar-refractivity contribution in [3.8, 4) is 11.3 Å². The van der Waals surface area contributed by atoms with Gasteiger partial charge in [-0.15, -0.1) is 0 Å². The minimum atomic E-state index is -0.400. The molecule has 0 aliphatic carbocycles. The number of thioether (sulfide) groups is 1.